The van der Waals surface area contributed by atoms with Crippen LogP contribution in [0.1, 0.15) is 11.3 Å². The van der Waals surface area contributed by atoms with Gasteiger partial charge in [0, 0.05) is 5.56 Å². The van der Waals surface area contributed by atoms with Gasteiger partial charge in [0.05, 0.1) is 11.0 Å². The summed E-state index contributed by atoms with van der Waals surface area (Å²) in [4.78, 5) is 19.6. The standard InChI is InChI=1S/C16H13N5OS/c17-16(23)21-20-13(10-6-2-1-3-7-10)14-15(22)19-12-9-5-4-8-11(12)18-14/h1-9H,(H,19,22)(H3,17,21,23). The molecule has 0 amide bonds. The summed E-state index contributed by atoms with van der Waals surface area (Å²) < 4.78 is 0. The molecule has 23 heavy (non-hydrogen) atoms. The summed E-state index contributed by atoms with van der Waals surface area (Å²) in [5, 5.41) is 4.16. The van der Waals surface area contributed by atoms with Crippen LogP contribution in [0.5, 0.6) is 0 Å². The molecule has 0 unspecified atom stereocenters. The predicted octanol–water partition coefficient (Wildman–Crippen LogP) is 1.51. The summed E-state index contributed by atoms with van der Waals surface area (Å²) in [6, 6.07) is 16.5. The molecular weight excluding hydrogens is 310 g/mol. The Morgan fingerprint density at radius 1 is 1.13 bits per heavy atom. The van der Waals surface area contributed by atoms with Gasteiger partial charge in [-0.05, 0) is 24.4 Å². The van der Waals surface area contributed by atoms with Crippen molar-refractivity contribution in [3.8, 4) is 0 Å². The Morgan fingerprint density at radius 3 is 2.57 bits per heavy atom. The molecular formula is C16H13N5OS. The molecule has 0 aliphatic rings. The summed E-state index contributed by atoms with van der Waals surface area (Å²) in [5.74, 6) is 0. The van der Waals surface area contributed by atoms with Crippen molar-refractivity contribution in [1.82, 2.24) is 15.4 Å². The van der Waals surface area contributed by atoms with Crippen LogP contribution in [-0.4, -0.2) is 20.8 Å². The number of thiocarbonyl (C=S) groups is 1. The molecule has 0 bridgehead atoms. The van der Waals surface area contributed by atoms with Crippen LogP contribution >= 0.6 is 12.2 Å². The molecule has 0 aliphatic heterocycles. The van der Waals surface area contributed by atoms with E-state index in [1.807, 2.05) is 48.5 Å². The number of aromatic amines is 1. The largest absolute Gasteiger partial charge is 0.375 e. The Kier molecular flexibility index (Phi) is 4.11. The summed E-state index contributed by atoms with van der Waals surface area (Å²) >= 11 is 4.78. The van der Waals surface area contributed by atoms with Crippen LogP contribution in [0.2, 0.25) is 0 Å². The minimum Gasteiger partial charge on any atom is -0.375 e. The van der Waals surface area contributed by atoms with E-state index in [-0.39, 0.29) is 16.4 Å². The van der Waals surface area contributed by atoms with E-state index >= 15 is 0 Å². The van der Waals surface area contributed by atoms with Gasteiger partial charge in [0.2, 0.25) is 0 Å². The Balaban J connectivity index is 2.21. The van der Waals surface area contributed by atoms with Crippen molar-refractivity contribution in [2.24, 2.45) is 10.8 Å². The number of nitrogens with one attached hydrogen (secondary N) is 2. The number of nitrogens with zero attached hydrogens (tertiary/aromatic N) is 2. The van der Waals surface area contributed by atoms with E-state index in [2.05, 4.69) is 20.5 Å². The maximum atomic E-state index is 12.4. The van der Waals surface area contributed by atoms with Gasteiger partial charge in [-0.15, -0.1) is 0 Å². The van der Waals surface area contributed by atoms with Crippen molar-refractivity contribution in [2.45, 2.75) is 0 Å². The lowest BCUT2D eigenvalue weighted by Crippen LogP contribution is -2.28. The van der Waals surface area contributed by atoms with Crippen LogP contribution in [0.4, 0.5) is 0 Å². The van der Waals surface area contributed by atoms with Crippen molar-refractivity contribution in [3.63, 3.8) is 0 Å². The van der Waals surface area contributed by atoms with Gasteiger partial charge in [-0.1, -0.05) is 42.5 Å². The van der Waals surface area contributed by atoms with Gasteiger partial charge in [0.1, 0.15) is 5.71 Å². The van der Waals surface area contributed by atoms with Gasteiger partial charge >= 0.3 is 0 Å². The quantitative estimate of drug-likeness (QED) is 0.386. The molecule has 3 aromatic rings. The molecule has 6 nitrogen and oxygen atoms in total. The summed E-state index contributed by atoms with van der Waals surface area (Å²) in [5.41, 5.74) is 10.2. The fraction of sp³-hybridized carbons (Fsp3) is 0. The first-order chi connectivity index (χ1) is 11.1. The molecule has 0 fully saturated rings. The highest BCUT2D eigenvalue weighted by atomic mass is 32.1. The molecule has 114 valence electrons. The maximum Gasteiger partial charge on any atom is 0.276 e. The smallest absolute Gasteiger partial charge is 0.276 e. The monoisotopic (exact) mass is 323 g/mol. The fourth-order valence-electron chi connectivity index (χ4n) is 2.15. The minimum absolute atomic E-state index is 0.00986. The third kappa shape index (κ3) is 3.24. The van der Waals surface area contributed by atoms with Gasteiger partial charge in [0.25, 0.3) is 5.56 Å². The van der Waals surface area contributed by atoms with E-state index in [1.54, 1.807) is 6.07 Å². The molecule has 0 atom stereocenters. The number of aromatic nitrogens is 2. The van der Waals surface area contributed by atoms with Gasteiger partial charge in [-0.3, -0.25) is 10.2 Å². The Hall–Kier alpha value is -3.06. The maximum absolute atomic E-state index is 12.4. The summed E-state index contributed by atoms with van der Waals surface area (Å²) in [6.45, 7) is 0. The molecule has 0 saturated carbocycles. The van der Waals surface area contributed by atoms with Crippen molar-refractivity contribution < 1.29 is 0 Å². The molecule has 0 radical (unpaired) electrons. The lowest BCUT2D eigenvalue weighted by atomic mass is 10.1. The average Bonchev–Trinajstić information content (AvgIpc) is 2.56. The minimum atomic E-state index is -0.337. The van der Waals surface area contributed by atoms with E-state index < -0.39 is 0 Å². The Labute approximate surface area is 137 Å². The first-order valence-corrected chi connectivity index (χ1v) is 7.24. The molecule has 4 N–H and O–H groups in total. The van der Waals surface area contributed by atoms with E-state index in [0.717, 1.165) is 5.56 Å². The molecule has 0 aliphatic carbocycles. The summed E-state index contributed by atoms with van der Waals surface area (Å²) in [6.07, 6.45) is 0. The normalized spacial score (nSPS) is 11.4. The Bertz CT molecular complexity index is 949. The van der Waals surface area contributed by atoms with Crippen molar-refractivity contribution in [1.29, 1.82) is 0 Å². The van der Waals surface area contributed by atoms with Gasteiger partial charge < -0.3 is 10.7 Å². The highest BCUT2D eigenvalue weighted by Crippen LogP contribution is 2.10. The van der Waals surface area contributed by atoms with Crippen molar-refractivity contribution in [2.75, 3.05) is 0 Å². The number of H-pyrrole nitrogens is 1. The molecule has 7 heteroatoms. The van der Waals surface area contributed by atoms with E-state index in [4.69, 9.17) is 18.0 Å². The number of fused-ring (bicyclic) bond motifs is 1. The SMILES string of the molecule is NC(=S)NN=C(c1ccccc1)c1nc2ccccc2[nH]c1=O. The number of hydrazone groups is 1. The number of nitrogens with two attached hydrogens (primary N) is 1. The number of hydrogen-bond donors (Lipinski definition) is 3. The lowest BCUT2D eigenvalue weighted by molar-refractivity contribution is 1.02. The highest BCUT2D eigenvalue weighted by molar-refractivity contribution is 7.80. The number of hydrogen-bond acceptors (Lipinski definition) is 4. The van der Waals surface area contributed by atoms with Gasteiger partial charge in [-0.2, -0.15) is 5.10 Å². The predicted molar refractivity (Wildman–Crippen MR) is 94.4 cm³/mol. The van der Waals surface area contributed by atoms with Crippen molar-refractivity contribution >= 4 is 34.1 Å². The second-order valence-corrected chi connectivity index (χ2v) is 5.17. The number of benzene rings is 2. The van der Waals surface area contributed by atoms with E-state index in [0.29, 0.717) is 16.7 Å². The second-order valence-electron chi connectivity index (χ2n) is 4.73. The van der Waals surface area contributed by atoms with E-state index in [9.17, 15) is 4.79 Å². The molecule has 2 aromatic carbocycles. The van der Waals surface area contributed by atoms with Crippen LogP contribution in [0.3, 0.4) is 0 Å². The first kappa shape index (κ1) is 14.9. The summed E-state index contributed by atoms with van der Waals surface area (Å²) in [7, 11) is 0. The molecule has 1 aromatic heterocycles. The van der Waals surface area contributed by atoms with Crippen molar-refractivity contribution in [3.05, 3.63) is 76.2 Å². The second kappa shape index (κ2) is 6.37. The van der Waals surface area contributed by atoms with E-state index in [1.165, 1.54) is 0 Å². The van der Waals surface area contributed by atoms with Crippen LogP contribution in [0, 0.1) is 0 Å². The average molecular weight is 323 g/mol. The lowest BCUT2D eigenvalue weighted by Gasteiger charge is -2.07. The number of para-hydroxylation sites is 2. The van der Waals surface area contributed by atoms with Gasteiger partial charge in [0.15, 0.2) is 10.8 Å². The van der Waals surface area contributed by atoms with Crippen LogP contribution < -0.4 is 16.7 Å². The van der Waals surface area contributed by atoms with Gasteiger partial charge in [-0.25, -0.2) is 4.98 Å². The topological polar surface area (TPSA) is 96.2 Å². The van der Waals surface area contributed by atoms with Crippen LogP contribution in [-0.2, 0) is 0 Å². The molecule has 3 rings (SSSR count). The Morgan fingerprint density at radius 2 is 1.83 bits per heavy atom. The third-order valence-electron chi connectivity index (χ3n) is 3.15. The van der Waals surface area contributed by atoms with Crippen LogP contribution in [0.15, 0.2) is 64.5 Å². The zero-order chi connectivity index (χ0) is 16.2. The zero-order valence-corrected chi connectivity index (χ0v) is 12.8. The fourth-order valence-corrected chi connectivity index (χ4v) is 2.20. The molecule has 1 heterocycles. The number of rotatable bonds is 3. The highest BCUT2D eigenvalue weighted by Gasteiger charge is 2.14. The zero-order valence-electron chi connectivity index (χ0n) is 12.0. The third-order valence-corrected chi connectivity index (χ3v) is 3.24. The molecule has 0 saturated heterocycles. The first-order valence-electron chi connectivity index (χ1n) is 6.83. The molecule has 0 spiro atoms. The van der Waals surface area contributed by atoms with Crippen LogP contribution in [0.25, 0.3) is 11.0 Å².